The van der Waals surface area contributed by atoms with Crippen LogP contribution in [0.1, 0.15) is 44.6 Å². The summed E-state index contributed by atoms with van der Waals surface area (Å²) in [4.78, 5) is 2.61. The average molecular weight is 258 g/mol. The normalized spacial score (nSPS) is 23.6. The lowest BCUT2D eigenvalue weighted by molar-refractivity contribution is 0.420. The zero-order valence-corrected chi connectivity index (χ0v) is 12.1. The lowest BCUT2D eigenvalue weighted by Crippen LogP contribution is -2.46. The lowest BCUT2D eigenvalue weighted by atomic mass is 10.0. The number of benzene rings is 1. The first kappa shape index (κ1) is 13.0. The van der Waals surface area contributed by atoms with Crippen LogP contribution in [0.5, 0.6) is 0 Å². The average Bonchev–Trinajstić information content (AvgIpc) is 3.24. The molecule has 3 rings (SSSR count). The van der Waals surface area contributed by atoms with Crippen molar-refractivity contribution in [2.75, 3.05) is 18.0 Å². The summed E-state index contributed by atoms with van der Waals surface area (Å²) in [6.45, 7) is 4.69. The second kappa shape index (κ2) is 5.96. The van der Waals surface area contributed by atoms with Crippen molar-refractivity contribution in [1.82, 2.24) is 5.32 Å². The Balaban J connectivity index is 1.69. The summed E-state index contributed by atoms with van der Waals surface area (Å²) in [6.07, 6.45) is 7.89. The molecule has 1 saturated carbocycles. The lowest BCUT2D eigenvalue weighted by Gasteiger charge is -2.36. The third-order valence-electron chi connectivity index (χ3n) is 4.32. The van der Waals surface area contributed by atoms with Crippen molar-refractivity contribution in [2.24, 2.45) is 0 Å². The van der Waals surface area contributed by atoms with Gasteiger partial charge in [0, 0.05) is 30.9 Å². The van der Waals surface area contributed by atoms with E-state index in [-0.39, 0.29) is 0 Å². The van der Waals surface area contributed by atoms with Crippen molar-refractivity contribution in [3.8, 4) is 0 Å². The Labute approximate surface area is 117 Å². The van der Waals surface area contributed by atoms with Crippen molar-refractivity contribution in [3.05, 3.63) is 29.8 Å². The molecule has 1 aliphatic heterocycles. The van der Waals surface area contributed by atoms with Gasteiger partial charge in [0.2, 0.25) is 0 Å². The van der Waals surface area contributed by atoms with Crippen LogP contribution in [0, 0.1) is 0 Å². The first-order valence-corrected chi connectivity index (χ1v) is 7.95. The number of aryl methyl sites for hydroxylation is 1. The first-order valence-electron chi connectivity index (χ1n) is 7.95. The molecule has 2 nitrogen and oxygen atoms in total. The van der Waals surface area contributed by atoms with E-state index in [1.54, 1.807) is 0 Å². The van der Waals surface area contributed by atoms with Crippen molar-refractivity contribution in [3.63, 3.8) is 0 Å². The molecule has 1 N–H and O–H groups in total. The van der Waals surface area contributed by atoms with Crippen LogP contribution < -0.4 is 10.2 Å². The Bertz CT molecular complexity index is 411. The second-order valence-electron chi connectivity index (χ2n) is 6.10. The van der Waals surface area contributed by atoms with Crippen LogP contribution in [-0.4, -0.2) is 25.2 Å². The minimum atomic E-state index is 0.705. The predicted octanol–water partition coefficient (Wildman–Crippen LogP) is 3.36. The quantitative estimate of drug-likeness (QED) is 0.871. The fraction of sp³-hybridized carbons (Fsp3) is 0.647. The number of nitrogens with zero attached hydrogens (tertiary/aromatic N) is 1. The number of rotatable bonds is 5. The molecule has 0 radical (unpaired) electrons. The number of piperidine rings is 1. The summed E-state index contributed by atoms with van der Waals surface area (Å²) in [6, 6.07) is 10.5. The summed E-state index contributed by atoms with van der Waals surface area (Å²) in [5.41, 5.74) is 3.00. The molecule has 1 aromatic carbocycles. The highest BCUT2D eigenvalue weighted by Gasteiger charge is 2.28. The van der Waals surface area contributed by atoms with E-state index < -0.39 is 0 Å². The molecule has 2 fully saturated rings. The Kier molecular flexibility index (Phi) is 4.07. The Morgan fingerprint density at radius 3 is 2.79 bits per heavy atom. The first-order chi connectivity index (χ1) is 9.36. The molecular formula is C17H26N2. The summed E-state index contributed by atoms with van der Waals surface area (Å²) in [5, 5.41) is 3.80. The maximum Gasteiger partial charge on any atom is 0.0399 e. The van der Waals surface area contributed by atoms with Gasteiger partial charge >= 0.3 is 0 Å². The van der Waals surface area contributed by atoms with Gasteiger partial charge in [-0.05, 0) is 43.7 Å². The van der Waals surface area contributed by atoms with Gasteiger partial charge in [0.1, 0.15) is 0 Å². The molecule has 2 heteroatoms. The summed E-state index contributed by atoms with van der Waals surface area (Å²) in [5.74, 6) is 0. The van der Waals surface area contributed by atoms with Crippen molar-refractivity contribution < 1.29 is 0 Å². The fourth-order valence-electron chi connectivity index (χ4n) is 3.22. The molecule has 1 aliphatic carbocycles. The van der Waals surface area contributed by atoms with E-state index in [0.717, 1.165) is 6.04 Å². The van der Waals surface area contributed by atoms with Crippen LogP contribution in [0.25, 0.3) is 0 Å². The summed E-state index contributed by atoms with van der Waals surface area (Å²) < 4.78 is 0. The van der Waals surface area contributed by atoms with Crippen LogP contribution in [0.4, 0.5) is 5.69 Å². The standard InChI is InChI=1S/C17H26N2/c1-2-6-14-7-3-4-9-17(14)19-12-5-8-16(13-19)18-15-10-11-15/h3-4,7,9,15-16,18H,2,5-6,8,10-13H2,1H3. The van der Waals surface area contributed by atoms with E-state index in [4.69, 9.17) is 0 Å². The maximum atomic E-state index is 3.80. The molecule has 1 heterocycles. The number of hydrogen-bond acceptors (Lipinski definition) is 2. The minimum absolute atomic E-state index is 0.705. The van der Waals surface area contributed by atoms with E-state index >= 15 is 0 Å². The molecule has 19 heavy (non-hydrogen) atoms. The van der Waals surface area contributed by atoms with Gasteiger partial charge in [0.25, 0.3) is 0 Å². The molecule has 2 aliphatic rings. The molecule has 1 saturated heterocycles. The Morgan fingerprint density at radius 1 is 1.16 bits per heavy atom. The molecular weight excluding hydrogens is 232 g/mol. The molecule has 0 aromatic heterocycles. The van der Waals surface area contributed by atoms with E-state index in [1.165, 1.54) is 62.9 Å². The van der Waals surface area contributed by atoms with E-state index in [9.17, 15) is 0 Å². The highest BCUT2D eigenvalue weighted by Crippen LogP contribution is 2.27. The summed E-state index contributed by atoms with van der Waals surface area (Å²) >= 11 is 0. The zero-order chi connectivity index (χ0) is 13.1. The molecule has 0 spiro atoms. The molecule has 104 valence electrons. The third kappa shape index (κ3) is 3.30. The Hall–Kier alpha value is -1.02. The van der Waals surface area contributed by atoms with Crippen molar-refractivity contribution >= 4 is 5.69 Å². The van der Waals surface area contributed by atoms with Gasteiger partial charge in [-0.3, -0.25) is 0 Å². The molecule has 1 unspecified atom stereocenters. The highest BCUT2D eigenvalue weighted by molar-refractivity contribution is 5.54. The highest BCUT2D eigenvalue weighted by atomic mass is 15.2. The topological polar surface area (TPSA) is 15.3 Å². The number of anilines is 1. The van der Waals surface area contributed by atoms with Crippen LogP contribution >= 0.6 is 0 Å². The van der Waals surface area contributed by atoms with Gasteiger partial charge in [-0.2, -0.15) is 0 Å². The van der Waals surface area contributed by atoms with Gasteiger partial charge in [-0.15, -0.1) is 0 Å². The fourth-order valence-corrected chi connectivity index (χ4v) is 3.22. The minimum Gasteiger partial charge on any atom is -0.370 e. The maximum absolute atomic E-state index is 3.80. The second-order valence-corrected chi connectivity index (χ2v) is 6.10. The van der Waals surface area contributed by atoms with Gasteiger partial charge in [0.05, 0.1) is 0 Å². The van der Waals surface area contributed by atoms with Gasteiger partial charge in [-0.25, -0.2) is 0 Å². The molecule has 0 amide bonds. The number of para-hydroxylation sites is 1. The van der Waals surface area contributed by atoms with E-state index in [2.05, 4.69) is 41.4 Å². The smallest absolute Gasteiger partial charge is 0.0399 e. The van der Waals surface area contributed by atoms with Crippen LogP contribution in [0.15, 0.2) is 24.3 Å². The predicted molar refractivity (Wildman–Crippen MR) is 81.8 cm³/mol. The Morgan fingerprint density at radius 2 is 2.00 bits per heavy atom. The summed E-state index contributed by atoms with van der Waals surface area (Å²) in [7, 11) is 0. The van der Waals surface area contributed by atoms with Gasteiger partial charge in [-0.1, -0.05) is 31.5 Å². The van der Waals surface area contributed by atoms with Gasteiger partial charge in [0.15, 0.2) is 0 Å². The van der Waals surface area contributed by atoms with Crippen molar-refractivity contribution in [1.29, 1.82) is 0 Å². The SMILES string of the molecule is CCCc1ccccc1N1CCCC(NC2CC2)C1. The molecule has 0 bridgehead atoms. The number of hydrogen-bond donors (Lipinski definition) is 1. The van der Waals surface area contributed by atoms with Crippen LogP contribution in [0.3, 0.4) is 0 Å². The third-order valence-corrected chi connectivity index (χ3v) is 4.32. The van der Waals surface area contributed by atoms with E-state index in [1.807, 2.05) is 0 Å². The molecule has 1 atom stereocenters. The molecule has 1 aromatic rings. The van der Waals surface area contributed by atoms with Gasteiger partial charge < -0.3 is 10.2 Å². The van der Waals surface area contributed by atoms with E-state index in [0.29, 0.717) is 6.04 Å². The van der Waals surface area contributed by atoms with Crippen molar-refractivity contribution in [2.45, 2.75) is 57.5 Å². The zero-order valence-electron chi connectivity index (χ0n) is 12.1. The monoisotopic (exact) mass is 258 g/mol. The number of nitrogens with one attached hydrogen (secondary N) is 1. The van der Waals surface area contributed by atoms with Crippen LogP contribution in [0.2, 0.25) is 0 Å². The van der Waals surface area contributed by atoms with Crippen LogP contribution in [-0.2, 0) is 6.42 Å². The largest absolute Gasteiger partial charge is 0.370 e.